The minimum Gasteiger partial charge on any atom is -0.493 e. The van der Waals surface area contributed by atoms with Gasteiger partial charge in [0, 0.05) is 25.0 Å². The molecule has 1 aliphatic rings. The number of rotatable bonds is 6. The molecule has 1 unspecified atom stereocenters. The first-order chi connectivity index (χ1) is 9.58. The van der Waals surface area contributed by atoms with Crippen molar-refractivity contribution < 1.29 is 14.6 Å². The predicted molar refractivity (Wildman–Crippen MR) is 78.3 cm³/mol. The highest BCUT2D eigenvalue weighted by Crippen LogP contribution is 2.34. The lowest BCUT2D eigenvalue weighted by molar-refractivity contribution is -0.137. The SMILES string of the molecule is CC(C)N(CCC(=O)O)CC1CCOc2ccccc21. The van der Waals surface area contributed by atoms with Crippen molar-refractivity contribution in [3.8, 4) is 5.75 Å². The molecule has 1 aliphatic heterocycles. The summed E-state index contributed by atoms with van der Waals surface area (Å²) in [5.41, 5.74) is 1.25. The summed E-state index contributed by atoms with van der Waals surface area (Å²) in [6.07, 6.45) is 1.19. The van der Waals surface area contributed by atoms with E-state index in [4.69, 9.17) is 9.84 Å². The molecular weight excluding hydrogens is 254 g/mol. The molecule has 0 amide bonds. The van der Waals surface area contributed by atoms with Crippen LogP contribution in [-0.2, 0) is 4.79 Å². The van der Waals surface area contributed by atoms with Crippen LogP contribution in [0, 0.1) is 0 Å². The molecule has 110 valence electrons. The van der Waals surface area contributed by atoms with Gasteiger partial charge < -0.3 is 9.84 Å². The van der Waals surface area contributed by atoms with Gasteiger partial charge in [-0.05, 0) is 31.9 Å². The van der Waals surface area contributed by atoms with Gasteiger partial charge in [0.05, 0.1) is 13.0 Å². The van der Waals surface area contributed by atoms with Crippen molar-refractivity contribution in [2.45, 2.75) is 38.6 Å². The second-order valence-electron chi connectivity index (χ2n) is 5.60. The number of hydrogen-bond donors (Lipinski definition) is 1. The predicted octanol–water partition coefficient (Wildman–Crippen LogP) is 2.74. The van der Waals surface area contributed by atoms with Crippen molar-refractivity contribution in [2.75, 3.05) is 19.7 Å². The number of carboxylic acid groups (broad SMARTS) is 1. The van der Waals surface area contributed by atoms with E-state index < -0.39 is 5.97 Å². The molecule has 4 heteroatoms. The molecule has 2 rings (SSSR count). The summed E-state index contributed by atoms with van der Waals surface area (Å²) in [7, 11) is 0. The number of fused-ring (bicyclic) bond motifs is 1. The molecule has 0 aliphatic carbocycles. The third kappa shape index (κ3) is 3.73. The van der Waals surface area contributed by atoms with E-state index in [1.54, 1.807) is 0 Å². The molecule has 20 heavy (non-hydrogen) atoms. The van der Waals surface area contributed by atoms with Gasteiger partial charge in [-0.3, -0.25) is 9.69 Å². The lowest BCUT2D eigenvalue weighted by atomic mass is 9.92. The minimum absolute atomic E-state index is 0.197. The van der Waals surface area contributed by atoms with Gasteiger partial charge in [0.1, 0.15) is 5.75 Å². The van der Waals surface area contributed by atoms with Gasteiger partial charge in [-0.1, -0.05) is 18.2 Å². The molecule has 1 aromatic carbocycles. The molecule has 0 radical (unpaired) electrons. The molecule has 1 aromatic rings. The maximum absolute atomic E-state index is 10.8. The summed E-state index contributed by atoms with van der Waals surface area (Å²) in [4.78, 5) is 13.0. The Bertz CT molecular complexity index is 459. The second kappa shape index (κ2) is 6.75. The molecule has 4 nitrogen and oxygen atoms in total. The van der Waals surface area contributed by atoms with Crippen LogP contribution in [0.25, 0.3) is 0 Å². The van der Waals surface area contributed by atoms with Crippen LogP contribution in [0.3, 0.4) is 0 Å². The monoisotopic (exact) mass is 277 g/mol. The Hall–Kier alpha value is -1.55. The van der Waals surface area contributed by atoms with Crippen LogP contribution >= 0.6 is 0 Å². The number of nitrogens with zero attached hydrogens (tertiary/aromatic N) is 1. The molecular formula is C16H23NO3. The topological polar surface area (TPSA) is 49.8 Å². The molecule has 1 atom stereocenters. The van der Waals surface area contributed by atoms with Crippen LogP contribution in [0.15, 0.2) is 24.3 Å². The van der Waals surface area contributed by atoms with Crippen molar-refractivity contribution in [1.29, 1.82) is 0 Å². The molecule has 1 heterocycles. The lowest BCUT2D eigenvalue weighted by Gasteiger charge is -2.33. The van der Waals surface area contributed by atoms with Crippen LogP contribution in [0.4, 0.5) is 0 Å². The largest absolute Gasteiger partial charge is 0.493 e. The average molecular weight is 277 g/mol. The van der Waals surface area contributed by atoms with E-state index in [1.165, 1.54) is 5.56 Å². The number of ether oxygens (including phenoxy) is 1. The van der Waals surface area contributed by atoms with Gasteiger partial charge in [0.2, 0.25) is 0 Å². The van der Waals surface area contributed by atoms with Crippen LogP contribution in [0.1, 0.15) is 38.2 Å². The molecule has 0 fully saturated rings. The standard InChI is InChI=1S/C16H23NO3/c1-12(2)17(9-7-16(18)19)11-13-8-10-20-15-6-4-3-5-14(13)15/h3-6,12-13H,7-11H2,1-2H3,(H,18,19). The Morgan fingerprint density at radius 2 is 2.20 bits per heavy atom. The fourth-order valence-corrected chi connectivity index (χ4v) is 2.69. The maximum atomic E-state index is 10.8. The fraction of sp³-hybridized carbons (Fsp3) is 0.562. The first-order valence-corrected chi connectivity index (χ1v) is 7.25. The van der Waals surface area contributed by atoms with Crippen molar-refractivity contribution in [3.63, 3.8) is 0 Å². The molecule has 0 bridgehead atoms. The molecule has 0 saturated heterocycles. The highest BCUT2D eigenvalue weighted by Gasteiger charge is 2.24. The Morgan fingerprint density at radius 1 is 1.45 bits per heavy atom. The van der Waals surface area contributed by atoms with Gasteiger partial charge in [-0.2, -0.15) is 0 Å². The molecule has 1 N–H and O–H groups in total. The third-order valence-electron chi connectivity index (χ3n) is 3.88. The van der Waals surface area contributed by atoms with E-state index in [-0.39, 0.29) is 6.42 Å². The van der Waals surface area contributed by atoms with Gasteiger partial charge in [0.25, 0.3) is 0 Å². The Labute approximate surface area is 120 Å². The maximum Gasteiger partial charge on any atom is 0.304 e. The van der Waals surface area contributed by atoms with E-state index in [9.17, 15) is 4.79 Å². The first-order valence-electron chi connectivity index (χ1n) is 7.25. The van der Waals surface area contributed by atoms with Crippen LogP contribution in [-0.4, -0.2) is 41.7 Å². The summed E-state index contributed by atoms with van der Waals surface area (Å²) in [6, 6.07) is 8.51. The number of carbonyl (C=O) groups is 1. The van der Waals surface area contributed by atoms with E-state index in [2.05, 4.69) is 24.8 Å². The minimum atomic E-state index is -0.733. The molecule has 0 spiro atoms. The van der Waals surface area contributed by atoms with E-state index >= 15 is 0 Å². The van der Waals surface area contributed by atoms with Gasteiger partial charge in [-0.15, -0.1) is 0 Å². The van der Waals surface area contributed by atoms with E-state index in [0.29, 0.717) is 18.5 Å². The van der Waals surface area contributed by atoms with Crippen molar-refractivity contribution >= 4 is 5.97 Å². The normalized spacial score (nSPS) is 17.9. The number of carboxylic acids is 1. The summed E-state index contributed by atoms with van der Waals surface area (Å²) >= 11 is 0. The summed E-state index contributed by atoms with van der Waals surface area (Å²) in [5.74, 6) is 0.671. The Kier molecular flexibility index (Phi) is 5.01. The van der Waals surface area contributed by atoms with Crippen molar-refractivity contribution in [1.82, 2.24) is 4.90 Å². The molecule has 0 saturated carbocycles. The summed E-state index contributed by atoms with van der Waals surface area (Å²) in [6.45, 7) is 6.48. The Morgan fingerprint density at radius 3 is 2.90 bits per heavy atom. The van der Waals surface area contributed by atoms with Crippen LogP contribution in [0.5, 0.6) is 5.75 Å². The number of benzene rings is 1. The van der Waals surface area contributed by atoms with Crippen molar-refractivity contribution in [2.24, 2.45) is 0 Å². The second-order valence-corrected chi connectivity index (χ2v) is 5.60. The zero-order valence-electron chi connectivity index (χ0n) is 12.2. The average Bonchev–Trinajstić information content (AvgIpc) is 2.43. The number of para-hydroxylation sites is 1. The van der Waals surface area contributed by atoms with E-state index in [1.807, 2.05) is 18.2 Å². The number of aliphatic carboxylic acids is 1. The summed E-state index contributed by atoms with van der Waals surface area (Å²) < 4.78 is 5.68. The van der Waals surface area contributed by atoms with Crippen molar-refractivity contribution in [3.05, 3.63) is 29.8 Å². The first kappa shape index (κ1) is 14.9. The summed E-state index contributed by atoms with van der Waals surface area (Å²) in [5, 5.41) is 8.86. The fourth-order valence-electron chi connectivity index (χ4n) is 2.69. The highest BCUT2D eigenvalue weighted by atomic mass is 16.5. The number of hydrogen-bond acceptors (Lipinski definition) is 3. The zero-order chi connectivity index (χ0) is 14.5. The zero-order valence-corrected chi connectivity index (χ0v) is 12.2. The highest BCUT2D eigenvalue weighted by molar-refractivity contribution is 5.66. The van der Waals surface area contributed by atoms with Crippen LogP contribution < -0.4 is 4.74 Å². The quantitative estimate of drug-likeness (QED) is 0.868. The van der Waals surface area contributed by atoms with Crippen LogP contribution in [0.2, 0.25) is 0 Å². The lowest BCUT2D eigenvalue weighted by Crippen LogP contribution is -2.37. The van der Waals surface area contributed by atoms with E-state index in [0.717, 1.165) is 25.3 Å². The van der Waals surface area contributed by atoms with Gasteiger partial charge >= 0.3 is 5.97 Å². The molecule has 0 aromatic heterocycles. The Balaban J connectivity index is 2.05. The van der Waals surface area contributed by atoms with Gasteiger partial charge in [0.15, 0.2) is 0 Å². The van der Waals surface area contributed by atoms with Gasteiger partial charge in [-0.25, -0.2) is 0 Å². The smallest absolute Gasteiger partial charge is 0.304 e. The third-order valence-corrected chi connectivity index (χ3v) is 3.88.